The molecule has 4 aliphatic heterocycles. The van der Waals surface area contributed by atoms with E-state index in [0.717, 1.165) is 54.5 Å². The third kappa shape index (κ3) is 21.6. The van der Waals surface area contributed by atoms with Crippen molar-refractivity contribution >= 4 is 112 Å². The number of imidazole rings is 2. The van der Waals surface area contributed by atoms with Gasteiger partial charge in [-0.05, 0) is 50.6 Å². The molecule has 4 fully saturated rings. The fourth-order valence-corrected chi connectivity index (χ4v) is 18.7. The first-order valence-corrected chi connectivity index (χ1v) is 46.2. The van der Waals surface area contributed by atoms with Gasteiger partial charge in [0.25, 0.3) is 11.1 Å². The number of hydrogen-bond acceptors (Lipinski definition) is 37. The Morgan fingerprint density at radius 2 is 1.19 bits per heavy atom. The Kier molecular flexibility index (Phi) is 27.0. The number of H-pyrrole nitrogens is 2. The average molecular weight is 1860 g/mol. The molecule has 0 amide bonds. The molecule has 0 saturated carbocycles. The number of hydrogen-bond donors (Lipinski definition) is 12. The quantitative estimate of drug-likeness (QED) is 0.0112. The number of nitrogens with two attached hydrogens (primary N) is 2. The SMILES string of the molecule is CCN(CC)c1ccc2cc(/C=C/c3cc[n+](CCCn4cc(CO[C@H]5C(n6ccc(=O)[nH]c6=O)O[C@H](COP(=O)(O)O[C@H]6C[C@H](n7cc(C)c(=O)[nH]c7=O)O[C@@H]6COP(=O)(O)O[C@H]6C[C@H](n7cnc8c(N)ncnc87)O[C@@H]6COP(=O)(O)O)[C@H]5OP(=O)(O)OC[C@H]5O[C@@H](n6cnc7c(N)ncnc76)C[C@@H]5OP(=O)(O)O)nn4)c(S(=O)(=O)O)c3)c(=O)oc2c1. The number of rotatable bonds is 37. The van der Waals surface area contributed by atoms with Gasteiger partial charge < -0.3 is 78.7 Å². The maximum Gasteiger partial charge on any atom is 0.472 e. The number of nitrogens with one attached hydrogen (secondary N) is 2. The van der Waals surface area contributed by atoms with Gasteiger partial charge in [-0.3, -0.25) is 83.2 Å². The minimum absolute atomic E-state index is 0.0157. The Morgan fingerprint density at radius 3 is 1.77 bits per heavy atom. The molecule has 1 aromatic carbocycles. The molecule has 4 saturated heterocycles. The maximum absolute atomic E-state index is 14.7. The van der Waals surface area contributed by atoms with E-state index in [1.54, 1.807) is 12.1 Å². The lowest BCUT2D eigenvalue weighted by Crippen LogP contribution is -2.40. The van der Waals surface area contributed by atoms with E-state index in [4.69, 9.17) is 71.2 Å². The summed E-state index contributed by atoms with van der Waals surface area (Å²) >= 11 is 0. The predicted octanol–water partition coefficient (Wildman–Crippen LogP) is 1.02. The van der Waals surface area contributed by atoms with Crippen molar-refractivity contribution in [2.75, 3.05) is 55.9 Å². The number of aryl methyl sites for hydroxylation is 3. The van der Waals surface area contributed by atoms with Crippen LogP contribution in [0, 0.1) is 6.92 Å². The fourth-order valence-electron chi connectivity index (χ4n) is 14.1. The van der Waals surface area contributed by atoms with E-state index in [1.807, 2.05) is 31.0 Å². The first-order chi connectivity index (χ1) is 58.6. The van der Waals surface area contributed by atoms with Crippen molar-refractivity contribution in [1.82, 2.24) is 73.1 Å². The van der Waals surface area contributed by atoms with E-state index in [0.29, 0.717) is 15.5 Å². The van der Waals surface area contributed by atoms with Gasteiger partial charge in [-0.25, -0.2) is 67.1 Å². The highest BCUT2D eigenvalue weighted by atomic mass is 32.2. The molecule has 0 bridgehead atoms. The summed E-state index contributed by atoms with van der Waals surface area (Å²) in [5, 5.41) is 8.36. The maximum atomic E-state index is 14.7. The molecule has 124 heavy (non-hydrogen) atoms. The van der Waals surface area contributed by atoms with Crippen molar-refractivity contribution in [1.29, 1.82) is 0 Å². The highest BCUT2D eigenvalue weighted by Crippen LogP contribution is 2.55. The van der Waals surface area contributed by atoms with Crippen molar-refractivity contribution in [3.8, 4) is 0 Å². The molecule has 16 atom stereocenters. The van der Waals surface area contributed by atoms with Crippen LogP contribution in [0.1, 0.15) is 86.8 Å². The average Bonchev–Trinajstić information content (AvgIpc) is 1.74. The predicted molar refractivity (Wildman–Crippen MR) is 418 cm³/mol. The van der Waals surface area contributed by atoms with Crippen LogP contribution in [0.15, 0.2) is 126 Å². The van der Waals surface area contributed by atoms with Gasteiger partial charge in [-0.2, -0.15) is 13.0 Å². The highest BCUT2D eigenvalue weighted by Gasteiger charge is 2.54. The number of ether oxygens (including phenoxy) is 5. The molecule has 59 heteroatoms. The van der Waals surface area contributed by atoms with Crippen molar-refractivity contribution < 1.29 is 139 Å². The van der Waals surface area contributed by atoms with Gasteiger partial charge in [-0.1, -0.05) is 11.3 Å². The summed E-state index contributed by atoms with van der Waals surface area (Å²) in [7, 11) is -32.7. The van der Waals surface area contributed by atoms with E-state index >= 15 is 0 Å². The van der Waals surface area contributed by atoms with Gasteiger partial charge in [0.1, 0.15) is 109 Å². The monoisotopic (exact) mass is 1860 g/mol. The van der Waals surface area contributed by atoms with Crippen LogP contribution in [-0.4, -0.2) is 215 Å². The van der Waals surface area contributed by atoms with Crippen molar-refractivity contribution in [2.24, 2.45) is 0 Å². The third-order valence-electron chi connectivity index (χ3n) is 19.9. The van der Waals surface area contributed by atoms with Crippen LogP contribution in [0.5, 0.6) is 0 Å². The van der Waals surface area contributed by atoms with E-state index in [1.165, 1.54) is 74.6 Å². The zero-order valence-electron chi connectivity index (χ0n) is 64.7. The summed E-state index contributed by atoms with van der Waals surface area (Å²) in [5.74, 6) is -0.0994. The van der Waals surface area contributed by atoms with Gasteiger partial charge >= 0.3 is 71.3 Å². The van der Waals surface area contributed by atoms with E-state index < -0.39 is 208 Å². The minimum atomic E-state index is -5.81. The molecule has 10 aromatic rings. The van der Waals surface area contributed by atoms with Crippen LogP contribution in [0.25, 0.3) is 45.4 Å². The van der Waals surface area contributed by atoms with Gasteiger partial charge in [0, 0.05) is 98.6 Å². The summed E-state index contributed by atoms with van der Waals surface area (Å²) < 4.78 is 190. The van der Waals surface area contributed by atoms with Crippen LogP contribution in [0.2, 0.25) is 0 Å². The Morgan fingerprint density at radius 1 is 0.629 bits per heavy atom. The Bertz CT molecular complexity index is 6370. The molecule has 9 aromatic heterocycles. The second-order valence-electron chi connectivity index (χ2n) is 28.2. The minimum Gasteiger partial charge on any atom is -0.422 e. The molecule has 4 unspecified atom stereocenters. The molecule has 0 aliphatic carbocycles. The summed E-state index contributed by atoms with van der Waals surface area (Å²) in [6.07, 6.45) is -11.5. The molecule has 4 aliphatic rings. The second-order valence-corrected chi connectivity index (χ2v) is 36.2. The Labute approximate surface area is 695 Å². The fraction of sp³-hybridized carbons (Fsp3) is 0.446. The van der Waals surface area contributed by atoms with E-state index in [2.05, 4.69) is 54.6 Å². The van der Waals surface area contributed by atoms with Crippen molar-refractivity contribution in [2.45, 2.75) is 151 Å². The normalized spacial score (nSPS) is 24.2. The van der Waals surface area contributed by atoms with Crippen LogP contribution in [-0.2, 0) is 113 Å². The highest BCUT2D eigenvalue weighted by molar-refractivity contribution is 7.85. The summed E-state index contributed by atoms with van der Waals surface area (Å²) in [6, 6.07) is 10.6. The number of pyridine rings is 1. The van der Waals surface area contributed by atoms with Crippen LogP contribution in [0.4, 0.5) is 17.3 Å². The number of benzene rings is 1. The Hall–Kier alpha value is -9.42. The van der Waals surface area contributed by atoms with Crippen molar-refractivity contribution in [3.63, 3.8) is 0 Å². The number of nitrogens with zero attached hydrogens (tertiary/aromatic N) is 15. The topological polar surface area (TPSA) is 718 Å². The summed E-state index contributed by atoms with van der Waals surface area (Å²) in [4.78, 5) is 170. The van der Waals surface area contributed by atoms with Gasteiger partial charge in [0.05, 0.1) is 57.4 Å². The largest absolute Gasteiger partial charge is 0.472 e. The molecular weight excluding hydrogens is 1780 g/mol. The zero-order valence-corrected chi connectivity index (χ0v) is 70.0. The molecule has 668 valence electrons. The zero-order chi connectivity index (χ0) is 88.7. The van der Waals surface area contributed by atoms with Crippen LogP contribution in [0.3, 0.4) is 0 Å². The van der Waals surface area contributed by atoms with E-state index in [9.17, 15) is 94.0 Å². The number of aromatic amines is 2. The van der Waals surface area contributed by atoms with Gasteiger partial charge in [0.15, 0.2) is 41.9 Å². The number of phosphoric acid groups is 5. The summed E-state index contributed by atoms with van der Waals surface area (Å²) in [5.41, 5.74) is 9.14. The molecule has 13 heterocycles. The standard InChI is InChI=1S/C65H78N19O34P5S/c1-4-78(5-2)39-10-9-36-18-37(63(87)114-40(36)19-39)8-7-35-11-15-79(52(17-35)124(102,103)104)13-6-14-80-24-38(76-77-80)25-105-56-55(118-123(100,101)108-27-45-41(115-120(93,94)95)20-50(112-45)83-32-72-53-57(66)68-30-70-59(53)83)47(113-62(56)81-16-12-48(85)74-64(81)88)29-109-122(98,99)116-42-21-49(82-23-34(3)61(86)75-65(82)89)110-46(42)28-107-121(96,97)117-43-22-51(111-44(43)26-106-119(90,91)92)84-33-73-54-58(67)69-31-71-60(54)84/h7-12,15-19,23-24,30-33,41-47,49-51,55-56,62H,4-6,13-14,20-22,25-29H2,1-3H3,(H13-,66,67,68,69,70,71,74,75,85,86,88,89,90,91,92,93,94,95,96,97,98,99,100,101,102,103,104)/p+1/t41-,42-,43-,44+,45+,46+,47+,49+,50+,51+,55+,56+,62?/m0/s1. The first kappa shape index (κ1) is 90.8. The lowest BCUT2D eigenvalue weighted by molar-refractivity contribution is -0.734. The molecule has 0 spiro atoms. The number of anilines is 3. The van der Waals surface area contributed by atoms with Gasteiger partial charge in [-0.15, -0.1) is 5.10 Å². The molecule has 14 N–H and O–H groups in total. The number of aromatic nitrogens is 16. The molecule has 14 rings (SSSR count). The molecular formula is C65H79N19O34P5S+. The molecule has 0 radical (unpaired) electrons. The summed E-state index contributed by atoms with van der Waals surface area (Å²) in [6.45, 7) is 1.44. The number of nitrogen functional groups attached to an aromatic ring is 2. The van der Waals surface area contributed by atoms with E-state index in [-0.39, 0.29) is 82.3 Å². The van der Waals surface area contributed by atoms with Crippen LogP contribution >= 0.6 is 39.1 Å². The lowest BCUT2D eigenvalue weighted by atomic mass is 10.1. The second kappa shape index (κ2) is 36.9. The third-order valence-corrected chi connectivity index (χ3v) is 24.8. The van der Waals surface area contributed by atoms with Gasteiger partial charge in [0.2, 0.25) is 0 Å². The number of phosphoric ester groups is 5. The lowest BCUT2D eigenvalue weighted by Gasteiger charge is -2.27. The molecule has 53 nitrogen and oxygen atoms in total. The first-order valence-electron chi connectivity index (χ1n) is 37.2. The van der Waals surface area contributed by atoms with Crippen LogP contribution < -0.4 is 49.1 Å². The number of fused-ring (bicyclic) bond motifs is 3. The van der Waals surface area contributed by atoms with Crippen molar-refractivity contribution in [3.05, 3.63) is 167 Å². The smallest absolute Gasteiger partial charge is 0.422 e. The Balaban J connectivity index is 0.709.